The number of nitrogens with zero attached hydrogens (tertiary/aromatic N) is 2. The molecule has 0 bridgehead atoms. The van der Waals surface area contributed by atoms with Gasteiger partial charge < -0.3 is 10.1 Å². The van der Waals surface area contributed by atoms with E-state index in [2.05, 4.69) is 10.4 Å². The molecule has 0 radical (unpaired) electrons. The van der Waals surface area contributed by atoms with Crippen LogP contribution in [0.15, 0.2) is 30.6 Å². The number of hydrogen-bond donors (Lipinski definition) is 1. The van der Waals surface area contributed by atoms with Crippen LogP contribution in [0, 0.1) is 5.82 Å². The maximum atomic E-state index is 14.1. The molecule has 0 fully saturated rings. The van der Waals surface area contributed by atoms with Gasteiger partial charge in [0.05, 0.1) is 24.1 Å². The maximum Gasteiger partial charge on any atom is 0.341 e. The molecule has 0 amide bonds. The summed E-state index contributed by atoms with van der Waals surface area (Å²) in [6.07, 6.45) is 2.95. The summed E-state index contributed by atoms with van der Waals surface area (Å²) in [5.74, 6) is -0.758. The average molecular weight is 291 g/mol. The topological polar surface area (TPSA) is 56.1 Å². The number of esters is 1. The summed E-state index contributed by atoms with van der Waals surface area (Å²) in [6, 6.07) is 4.59. The van der Waals surface area contributed by atoms with Crippen LogP contribution in [0.25, 0.3) is 5.69 Å². The molecular formula is C15H18FN3O2. The van der Waals surface area contributed by atoms with Crippen LogP contribution in [0.3, 0.4) is 0 Å². The second kappa shape index (κ2) is 6.49. The van der Waals surface area contributed by atoms with Gasteiger partial charge in [-0.15, -0.1) is 0 Å². The van der Waals surface area contributed by atoms with Crippen molar-refractivity contribution in [3.63, 3.8) is 0 Å². The zero-order valence-electron chi connectivity index (χ0n) is 12.3. The molecule has 21 heavy (non-hydrogen) atoms. The number of carbonyl (C=O) groups is 1. The van der Waals surface area contributed by atoms with E-state index in [1.165, 1.54) is 16.9 Å². The lowest BCUT2D eigenvalue weighted by Gasteiger charge is -2.16. The number of halogens is 1. The molecule has 5 nitrogen and oxygen atoms in total. The third-order valence-electron chi connectivity index (χ3n) is 3.24. The first-order valence-electron chi connectivity index (χ1n) is 6.76. The third kappa shape index (κ3) is 3.11. The van der Waals surface area contributed by atoms with Crippen LogP contribution in [-0.4, -0.2) is 29.4 Å². The minimum Gasteiger partial charge on any atom is -0.462 e. The van der Waals surface area contributed by atoms with Gasteiger partial charge in [-0.05, 0) is 33.0 Å². The fourth-order valence-electron chi connectivity index (χ4n) is 2.07. The molecule has 2 rings (SSSR count). The van der Waals surface area contributed by atoms with Crippen molar-refractivity contribution in [3.05, 3.63) is 47.5 Å². The fourth-order valence-corrected chi connectivity index (χ4v) is 2.07. The van der Waals surface area contributed by atoms with E-state index in [9.17, 15) is 9.18 Å². The number of ether oxygens (including phenoxy) is 1. The van der Waals surface area contributed by atoms with Crippen molar-refractivity contribution in [2.75, 3.05) is 13.7 Å². The van der Waals surface area contributed by atoms with Crippen molar-refractivity contribution in [2.45, 2.75) is 19.9 Å². The predicted molar refractivity (Wildman–Crippen MR) is 77.0 cm³/mol. The Morgan fingerprint density at radius 2 is 2.29 bits per heavy atom. The lowest BCUT2D eigenvalue weighted by molar-refractivity contribution is 0.0526. The normalized spacial score (nSPS) is 12.2. The van der Waals surface area contributed by atoms with Gasteiger partial charge in [0.15, 0.2) is 0 Å². The van der Waals surface area contributed by atoms with Gasteiger partial charge in [0.1, 0.15) is 5.82 Å². The van der Waals surface area contributed by atoms with Crippen LogP contribution < -0.4 is 5.32 Å². The molecule has 0 aliphatic carbocycles. The summed E-state index contributed by atoms with van der Waals surface area (Å²) < 4.78 is 20.5. The van der Waals surface area contributed by atoms with Gasteiger partial charge in [0.2, 0.25) is 0 Å². The van der Waals surface area contributed by atoms with Gasteiger partial charge in [-0.1, -0.05) is 6.07 Å². The smallest absolute Gasteiger partial charge is 0.341 e. The van der Waals surface area contributed by atoms with Gasteiger partial charge in [0.25, 0.3) is 0 Å². The van der Waals surface area contributed by atoms with E-state index in [-0.39, 0.29) is 11.9 Å². The maximum absolute atomic E-state index is 14.1. The van der Waals surface area contributed by atoms with E-state index in [1.54, 1.807) is 32.3 Å². The van der Waals surface area contributed by atoms with Crippen molar-refractivity contribution in [1.29, 1.82) is 0 Å². The molecule has 0 saturated carbocycles. The Morgan fingerprint density at radius 1 is 1.52 bits per heavy atom. The standard InChI is InChI=1S/C15H18FN3O2/c1-4-21-15(20)11-8-18-19(9-11)13-7-5-6-12(16)14(13)10(2)17-3/h5-10,17H,4H2,1-3H3. The van der Waals surface area contributed by atoms with Gasteiger partial charge in [-0.2, -0.15) is 5.10 Å². The molecule has 0 spiro atoms. The number of aromatic nitrogens is 2. The van der Waals surface area contributed by atoms with E-state index in [1.807, 2.05) is 6.92 Å². The van der Waals surface area contributed by atoms with Crippen LogP contribution in [-0.2, 0) is 4.74 Å². The van der Waals surface area contributed by atoms with Gasteiger partial charge in [0, 0.05) is 17.8 Å². The molecule has 0 aliphatic rings. The summed E-state index contributed by atoms with van der Waals surface area (Å²) in [6.45, 7) is 3.89. The molecule has 2 aromatic rings. The molecule has 112 valence electrons. The average Bonchev–Trinajstić information content (AvgIpc) is 2.96. The van der Waals surface area contributed by atoms with Crippen molar-refractivity contribution in [1.82, 2.24) is 15.1 Å². The molecule has 0 saturated heterocycles. The highest BCUT2D eigenvalue weighted by molar-refractivity contribution is 5.88. The molecule has 1 unspecified atom stereocenters. The van der Waals surface area contributed by atoms with Crippen molar-refractivity contribution in [3.8, 4) is 5.69 Å². The fraction of sp³-hybridized carbons (Fsp3) is 0.333. The van der Waals surface area contributed by atoms with Crippen LogP contribution in [0.2, 0.25) is 0 Å². The summed E-state index contributed by atoms with van der Waals surface area (Å²) in [4.78, 5) is 11.7. The largest absolute Gasteiger partial charge is 0.462 e. The van der Waals surface area contributed by atoms with E-state index in [0.29, 0.717) is 23.4 Å². The summed E-state index contributed by atoms with van der Waals surface area (Å²) >= 11 is 0. The van der Waals surface area contributed by atoms with E-state index in [0.717, 1.165) is 0 Å². The second-order valence-corrected chi connectivity index (χ2v) is 4.58. The predicted octanol–water partition coefficient (Wildman–Crippen LogP) is 2.47. The van der Waals surface area contributed by atoms with Gasteiger partial charge in [-0.25, -0.2) is 13.9 Å². The van der Waals surface area contributed by atoms with Crippen LogP contribution in [0.1, 0.15) is 35.8 Å². The zero-order valence-corrected chi connectivity index (χ0v) is 12.3. The Hall–Kier alpha value is -2.21. The first kappa shape index (κ1) is 15.2. The Morgan fingerprint density at radius 3 is 2.95 bits per heavy atom. The van der Waals surface area contributed by atoms with Crippen LogP contribution in [0.4, 0.5) is 4.39 Å². The Kier molecular flexibility index (Phi) is 4.70. The minimum atomic E-state index is -0.441. The Labute approximate surface area is 122 Å². The molecule has 1 heterocycles. The Balaban J connectivity index is 2.43. The van der Waals surface area contributed by atoms with Crippen LogP contribution in [0.5, 0.6) is 0 Å². The highest BCUT2D eigenvalue weighted by atomic mass is 19.1. The first-order chi connectivity index (χ1) is 10.1. The lowest BCUT2D eigenvalue weighted by Crippen LogP contribution is -2.17. The molecule has 6 heteroatoms. The van der Waals surface area contributed by atoms with Gasteiger partial charge >= 0.3 is 5.97 Å². The number of benzene rings is 1. The monoisotopic (exact) mass is 291 g/mol. The van der Waals surface area contributed by atoms with E-state index < -0.39 is 5.97 Å². The number of rotatable bonds is 5. The van der Waals surface area contributed by atoms with Crippen molar-refractivity contribution < 1.29 is 13.9 Å². The van der Waals surface area contributed by atoms with Crippen LogP contribution >= 0.6 is 0 Å². The molecule has 1 aromatic carbocycles. The van der Waals surface area contributed by atoms with E-state index >= 15 is 0 Å². The number of nitrogens with one attached hydrogen (secondary N) is 1. The molecular weight excluding hydrogens is 273 g/mol. The molecule has 1 aromatic heterocycles. The molecule has 0 aliphatic heterocycles. The first-order valence-corrected chi connectivity index (χ1v) is 6.76. The third-order valence-corrected chi connectivity index (χ3v) is 3.24. The quantitative estimate of drug-likeness (QED) is 0.860. The second-order valence-electron chi connectivity index (χ2n) is 4.58. The van der Waals surface area contributed by atoms with Crippen molar-refractivity contribution in [2.24, 2.45) is 0 Å². The Bertz CT molecular complexity index is 640. The zero-order chi connectivity index (χ0) is 15.4. The summed E-state index contributed by atoms with van der Waals surface area (Å²) in [5.41, 5.74) is 1.43. The number of hydrogen-bond acceptors (Lipinski definition) is 4. The summed E-state index contributed by atoms with van der Waals surface area (Å²) in [5, 5.41) is 7.14. The molecule has 1 N–H and O–H groups in total. The molecule has 1 atom stereocenters. The highest BCUT2D eigenvalue weighted by Gasteiger charge is 2.17. The SMILES string of the molecule is CCOC(=O)c1cnn(-c2cccc(F)c2C(C)NC)c1. The lowest BCUT2D eigenvalue weighted by atomic mass is 10.1. The van der Waals surface area contributed by atoms with Gasteiger partial charge in [-0.3, -0.25) is 0 Å². The number of carbonyl (C=O) groups excluding carboxylic acids is 1. The minimum absolute atomic E-state index is 0.184. The van der Waals surface area contributed by atoms with E-state index in [4.69, 9.17) is 4.74 Å². The highest BCUT2D eigenvalue weighted by Crippen LogP contribution is 2.24. The summed E-state index contributed by atoms with van der Waals surface area (Å²) in [7, 11) is 1.76. The van der Waals surface area contributed by atoms with Crippen molar-refractivity contribution >= 4 is 5.97 Å².